The van der Waals surface area contributed by atoms with Crippen LogP contribution in [0, 0.1) is 0 Å². The third-order valence-corrected chi connectivity index (χ3v) is 2.24. The van der Waals surface area contributed by atoms with Crippen molar-refractivity contribution in [2.45, 2.75) is 19.4 Å². The Bertz CT molecular complexity index is 187. The SMILES string of the molecule is CCNCCCN1CC(O)CNC1=O. The van der Waals surface area contributed by atoms with Crippen LogP contribution in [0.5, 0.6) is 0 Å². The smallest absolute Gasteiger partial charge is 0.317 e. The third kappa shape index (κ3) is 3.51. The summed E-state index contributed by atoms with van der Waals surface area (Å²) < 4.78 is 0. The highest BCUT2D eigenvalue weighted by Crippen LogP contribution is 2.00. The van der Waals surface area contributed by atoms with Crippen molar-refractivity contribution >= 4 is 6.03 Å². The number of aliphatic hydroxyl groups is 1. The molecule has 0 bridgehead atoms. The molecule has 1 atom stereocenters. The van der Waals surface area contributed by atoms with Crippen LogP contribution in [-0.4, -0.2) is 54.9 Å². The van der Waals surface area contributed by atoms with E-state index >= 15 is 0 Å². The van der Waals surface area contributed by atoms with Gasteiger partial charge in [0.05, 0.1) is 12.6 Å². The first kappa shape index (κ1) is 11.3. The first-order chi connectivity index (χ1) is 6.74. The third-order valence-electron chi connectivity index (χ3n) is 2.24. The van der Waals surface area contributed by atoms with Gasteiger partial charge >= 0.3 is 6.03 Å². The number of aliphatic hydroxyl groups excluding tert-OH is 1. The Hall–Kier alpha value is -0.810. The normalized spacial score (nSPS) is 22.3. The lowest BCUT2D eigenvalue weighted by Crippen LogP contribution is -2.53. The van der Waals surface area contributed by atoms with Gasteiger partial charge in [-0.25, -0.2) is 4.79 Å². The molecule has 82 valence electrons. The first-order valence-corrected chi connectivity index (χ1v) is 5.15. The van der Waals surface area contributed by atoms with Crippen molar-refractivity contribution in [3.05, 3.63) is 0 Å². The van der Waals surface area contributed by atoms with Gasteiger partial charge in [0.15, 0.2) is 0 Å². The number of carbonyl (C=O) groups is 1. The Morgan fingerprint density at radius 2 is 2.50 bits per heavy atom. The lowest BCUT2D eigenvalue weighted by Gasteiger charge is -2.30. The van der Waals surface area contributed by atoms with Gasteiger partial charge in [0.1, 0.15) is 0 Å². The molecule has 0 spiro atoms. The fourth-order valence-corrected chi connectivity index (χ4v) is 1.48. The standard InChI is InChI=1S/C9H19N3O2/c1-2-10-4-3-5-12-7-8(13)6-11-9(12)14/h8,10,13H,2-7H2,1H3,(H,11,14). The van der Waals surface area contributed by atoms with Crippen molar-refractivity contribution in [2.24, 2.45) is 0 Å². The van der Waals surface area contributed by atoms with Gasteiger partial charge < -0.3 is 20.6 Å². The number of β-amino-alcohol motifs (C(OH)–C–C–N with tert-alkyl or cyclic N) is 1. The summed E-state index contributed by atoms with van der Waals surface area (Å²) in [4.78, 5) is 12.9. The number of hydrogen-bond acceptors (Lipinski definition) is 3. The summed E-state index contributed by atoms with van der Waals surface area (Å²) in [7, 11) is 0. The lowest BCUT2D eigenvalue weighted by atomic mass is 10.2. The zero-order valence-corrected chi connectivity index (χ0v) is 8.62. The predicted molar refractivity (Wildman–Crippen MR) is 54.1 cm³/mol. The Balaban J connectivity index is 2.17. The zero-order chi connectivity index (χ0) is 10.4. The number of rotatable bonds is 5. The monoisotopic (exact) mass is 201 g/mol. The second-order valence-corrected chi connectivity index (χ2v) is 3.49. The van der Waals surface area contributed by atoms with Crippen LogP contribution in [0.15, 0.2) is 0 Å². The number of nitrogens with one attached hydrogen (secondary N) is 2. The Labute approximate surface area is 84.5 Å². The van der Waals surface area contributed by atoms with Crippen molar-refractivity contribution in [1.29, 1.82) is 0 Å². The van der Waals surface area contributed by atoms with Gasteiger partial charge in [-0.05, 0) is 19.5 Å². The number of urea groups is 1. The van der Waals surface area contributed by atoms with Crippen molar-refractivity contribution in [3.63, 3.8) is 0 Å². The van der Waals surface area contributed by atoms with E-state index in [0.717, 1.165) is 19.5 Å². The molecule has 5 heteroatoms. The number of amides is 2. The molecule has 0 aliphatic carbocycles. The molecule has 1 fully saturated rings. The van der Waals surface area contributed by atoms with Crippen LogP contribution in [0.1, 0.15) is 13.3 Å². The molecule has 0 aromatic heterocycles. The average Bonchev–Trinajstić information content (AvgIpc) is 2.18. The van der Waals surface area contributed by atoms with Gasteiger partial charge in [0.25, 0.3) is 0 Å². The van der Waals surface area contributed by atoms with Gasteiger partial charge in [0.2, 0.25) is 0 Å². The average molecular weight is 201 g/mol. The molecule has 3 N–H and O–H groups in total. The maximum absolute atomic E-state index is 11.3. The fourth-order valence-electron chi connectivity index (χ4n) is 1.48. The minimum absolute atomic E-state index is 0.0631. The maximum Gasteiger partial charge on any atom is 0.317 e. The lowest BCUT2D eigenvalue weighted by molar-refractivity contribution is 0.0958. The second kappa shape index (κ2) is 5.82. The molecule has 1 aliphatic heterocycles. The molecule has 0 saturated carbocycles. The molecule has 1 rings (SSSR count). The van der Waals surface area contributed by atoms with Crippen molar-refractivity contribution in [2.75, 3.05) is 32.7 Å². The predicted octanol–water partition coefficient (Wildman–Crippen LogP) is -0.628. The fraction of sp³-hybridized carbons (Fsp3) is 0.889. The van der Waals surface area contributed by atoms with Crippen LogP contribution in [0.4, 0.5) is 4.79 Å². The van der Waals surface area contributed by atoms with E-state index in [1.807, 2.05) is 0 Å². The highest BCUT2D eigenvalue weighted by Gasteiger charge is 2.22. The van der Waals surface area contributed by atoms with Gasteiger partial charge in [-0.1, -0.05) is 6.92 Å². The van der Waals surface area contributed by atoms with Gasteiger partial charge in [-0.15, -0.1) is 0 Å². The minimum Gasteiger partial charge on any atom is -0.389 e. The topological polar surface area (TPSA) is 64.6 Å². The molecule has 1 heterocycles. The Morgan fingerprint density at radius 3 is 3.21 bits per heavy atom. The summed E-state index contributed by atoms with van der Waals surface area (Å²) in [5, 5.41) is 15.2. The van der Waals surface area contributed by atoms with Gasteiger partial charge in [-0.3, -0.25) is 0 Å². The van der Waals surface area contributed by atoms with Crippen LogP contribution in [0.25, 0.3) is 0 Å². The van der Waals surface area contributed by atoms with Gasteiger partial charge in [0, 0.05) is 13.1 Å². The van der Waals surface area contributed by atoms with E-state index in [9.17, 15) is 9.90 Å². The zero-order valence-electron chi connectivity index (χ0n) is 8.62. The molecule has 5 nitrogen and oxygen atoms in total. The number of nitrogens with zero attached hydrogens (tertiary/aromatic N) is 1. The van der Waals surface area contributed by atoms with E-state index in [-0.39, 0.29) is 6.03 Å². The quantitative estimate of drug-likeness (QED) is 0.519. The summed E-state index contributed by atoms with van der Waals surface area (Å²) in [5.41, 5.74) is 0. The summed E-state index contributed by atoms with van der Waals surface area (Å²) >= 11 is 0. The molecule has 0 radical (unpaired) electrons. The summed E-state index contributed by atoms with van der Waals surface area (Å²) in [5.74, 6) is 0. The van der Waals surface area contributed by atoms with E-state index in [2.05, 4.69) is 17.6 Å². The second-order valence-electron chi connectivity index (χ2n) is 3.49. The van der Waals surface area contributed by atoms with E-state index in [4.69, 9.17) is 0 Å². The number of carbonyl (C=O) groups excluding carboxylic acids is 1. The maximum atomic E-state index is 11.3. The largest absolute Gasteiger partial charge is 0.389 e. The van der Waals surface area contributed by atoms with E-state index in [0.29, 0.717) is 19.6 Å². The molecule has 1 unspecified atom stereocenters. The highest BCUT2D eigenvalue weighted by atomic mass is 16.3. The molecular formula is C9H19N3O2. The molecule has 0 aromatic rings. The van der Waals surface area contributed by atoms with Crippen molar-refractivity contribution in [3.8, 4) is 0 Å². The van der Waals surface area contributed by atoms with E-state index < -0.39 is 6.10 Å². The van der Waals surface area contributed by atoms with Crippen LogP contribution in [0.2, 0.25) is 0 Å². The summed E-state index contributed by atoms with van der Waals surface area (Å²) in [6.07, 6.45) is 0.500. The Morgan fingerprint density at radius 1 is 1.71 bits per heavy atom. The van der Waals surface area contributed by atoms with E-state index in [1.165, 1.54) is 0 Å². The highest BCUT2D eigenvalue weighted by molar-refractivity contribution is 5.75. The van der Waals surface area contributed by atoms with E-state index in [1.54, 1.807) is 4.90 Å². The Kier molecular flexibility index (Phi) is 4.69. The number of hydrogen-bond donors (Lipinski definition) is 3. The molecule has 1 aliphatic rings. The van der Waals surface area contributed by atoms with Crippen LogP contribution < -0.4 is 10.6 Å². The van der Waals surface area contributed by atoms with Crippen molar-refractivity contribution < 1.29 is 9.90 Å². The van der Waals surface area contributed by atoms with Crippen LogP contribution >= 0.6 is 0 Å². The minimum atomic E-state index is -0.424. The molecular weight excluding hydrogens is 182 g/mol. The molecule has 14 heavy (non-hydrogen) atoms. The van der Waals surface area contributed by atoms with Crippen LogP contribution in [-0.2, 0) is 0 Å². The summed E-state index contributed by atoms with van der Waals surface area (Å²) in [6.45, 7) is 5.46. The van der Waals surface area contributed by atoms with Crippen LogP contribution in [0.3, 0.4) is 0 Å². The molecule has 0 aromatic carbocycles. The van der Waals surface area contributed by atoms with Gasteiger partial charge in [-0.2, -0.15) is 0 Å². The summed E-state index contributed by atoms with van der Waals surface area (Å²) in [6, 6.07) is -0.0631. The molecule has 1 saturated heterocycles. The van der Waals surface area contributed by atoms with Crippen molar-refractivity contribution in [1.82, 2.24) is 15.5 Å². The first-order valence-electron chi connectivity index (χ1n) is 5.15. The molecule has 2 amide bonds.